The molecule has 1 aromatic rings. The van der Waals surface area contributed by atoms with Crippen LogP contribution in [0.3, 0.4) is 0 Å². The summed E-state index contributed by atoms with van der Waals surface area (Å²) in [6.07, 6.45) is -2.58. The van der Waals surface area contributed by atoms with E-state index < -0.39 is 12.0 Å². The minimum absolute atomic E-state index is 0.0107. The van der Waals surface area contributed by atoms with Gasteiger partial charge < -0.3 is 5.73 Å². The molecule has 15 heavy (non-hydrogen) atoms. The third-order valence-corrected chi connectivity index (χ3v) is 2.46. The van der Waals surface area contributed by atoms with Crippen LogP contribution in [0.25, 0.3) is 0 Å². The number of halogens is 3. The highest BCUT2D eigenvalue weighted by molar-refractivity contribution is 6.30. The molecule has 5 heteroatoms. The molecule has 0 radical (unpaired) electrons. The number of aryl methyl sites for hydroxylation is 1. The highest BCUT2D eigenvalue weighted by Gasteiger charge is 2.31. The van der Waals surface area contributed by atoms with Crippen LogP contribution in [0.4, 0.5) is 8.78 Å². The van der Waals surface area contributed by atoms with E-state index in [2.05, 4.69) is 4.98 Å². The minimum atomic E-state index is -2.59. The van der Waals surface area contributed by atoms with Crippen molar-refractivity contribution in [2.45, 2.75) is 32.2 Å². The first-order chi connectivity index (χ1) is 6.83. The second kappa shape index (κ2) is 4.41. The van der Waals surface area contributed by atoms with Crippen molar-refractivity contribution in [3.05, 3.63) is 28.5 Å². The van der Waals surface area contributed by atoms with Crippen molar-refractivity contribution < 1.29 is 8.78 Å². The molecule has 0 saturated carbocycles. The van der Waals surface area contributed by atoms with Gasteiger partial charge in [-0.3, -0.25) is 0 Å². The molecule has 2 nitrogen and oxygen atoms in total. The van der Waals surface area contributed by atoms with Crippen LogP contribution in [0, 0.1) is 6.92 Å². The number of aromatic nitrogens is 1. The number of nitrogens with zero attached hydrogens (tertiary/aromatic N) is 1. The fourth-order valence-corrected chi connectivity index (χ4v) is 1.44. The lowest BCUT2D eigenvalue weighted by Gasteiger charge is -2.23. The molecule has 0 spiro atoms. The average molecular weight is 235 g/mol. The Bertz CT molecular complexity index is 353. The van der Waals surface area contributed by atoms with Crippen LogP contribution in [-0.4, -0.2) is 16.9 Å². The molecule has 0 aromatic carbocycles. The summed E-state index contributed by atoms with van der Waals surface area (Å²) < 4.78 is 25.0. The summed E-state index contributed by atoms with van der Waals surface area (Å²) in [5.41, 5.74) is 5.19. The Kier molecular flexibility index (Phi) is 3.62. The molecule has 1 unspecified atom stereocenters. The molecule has 0 bridgehead atoms. The average Bonchev–Trinajstić information content (AvgIpc) is 2.09. The number of hydrogen-bond donors (Lipinski definition) is 1. The first-order valence-electron chi connectivity index (χ1n) is 4.52. The van der Waals surface area contributed by atoms with Crippen LogP contribution in [0.1, 0.15) is 18.2 Å². The van der Waals surface area contributed by atoms with Gasteiger partial charge in [0.1, 0.15) is 5.15 Å². The van der Waals surface area contributed by atoms with E-state index in [1.54, 1.807) is 19.1 Å². The second-order valence-corrected chi connectivity index (χ2v) is 4.24. The van der Waals surface area contributed by atoms with Crippen molar-refractivity contribution in [1.82, 2.24) is 4.98 Å². The molecule has 0 aliphatic heterocycles. The number of rotatable bonds is 3. The molecule has 1 heterocycles. The van der Waals surface area contributed by atoms with E-state index in [9.17, 15) is 8.78 Å². The minimum Gasteiger partial charge on any atom is -0.320 e. The predicted octanol–water partition coefficient (Wildman–Crippen LogP) is 2.57. The number of nitrogens with two attached hydrogens (primary N) is 1. The topological polar surface area (TPSA) is 38.9 Å². The van der Waals surface area contributed by atoms with Gasteiger partial charge in [0.25, 0.3) is 6.43 Å². The van der Waals surface area contributed by atoms with Crippen molar-refractivity contribution >= 4 is 11.6 Å². The van der Waals surface area contributed by atoms with Crippen LogP contribution >= 0.6 is 11.6 Å². The van der Waals surface area contributed by atoms with Gasteiger partial charge in [-0.15, -0.1) is 0 Å². The Hall–Kier alpha value is -0.740. The fourth-order valence-electron chi connectivity index (χ4n) is 1.17. The summed E-state index contributed by atoms with van der Waals surface area (Å²) >= 11 is 5.83. The standard InChI is InChI=1S/C10H13ClF2N2/c1-6-3-4-7(8(11)15-6)5-10(2,14)9(12)13/h3-4,9H,5,14H2,1-2H3. The highest BCUT2D eigenvalue weighted by Crippen LogP contribution is 2.22. The van der Waals surface area contributed by atoms with Gasteiger partial charge >= 0.3 is 0 Å². The van der Waals surface area contributed by atoms with E-state index in [-0.39, 0.29) is 11.6 Å². The zero-order valence-corrected chi connectivity index (χ0v) is 9.35. The number of alkyl halides is 2. The Morgan fingerprint density at radius 1 is 1.53 bits per heavy atom. The Balaban J connectivity index is 2.90. The summed E-state index contributed by atoms with van der Waals surface area (Å²) in [4.78, 5) is 3.98. The van der Waals surface area contributed by atoms with E-state index in [0.717, 1.165) is 5.69 Å². The van der Waals surface area contributed by atoms with E-state index in [0.29, 0.717) is 5.56 Å². The van der Waals surface area contributed by atoms with Gasteiger partial charge in [-0.1, -0.05) is 17.7 Å². The maximum absolute atomic E-state index is 12.5. The second-order valence-electron chi connectivity index (χ2n) is 3.89. The third kappa shape index (κ3) is 3.11. The Morgan fingerprint density at radius 3 is 2.60 bits per heavy atom. The first-order valence-corrected chi connectivity index (χ1v) is 4.90. The van der Waals surface area contributed by atoms with E-state index in [1.807, 2.05) is 0 Å². The molecule has 0 amide bonds. The van der Waals surface area contributed by atoms with Gasteiger partial charge in [-0.25, -0.2) is 13.8 Å². The van der Waals surface area contributed by atoms with E-state index in [1.165, 1.54) is 6.92 Å². The van der Waals surface area contributed by atoms with Gasteiger partial charge in [0.05, 0.1) is 5.54 Å². The quantitative estimate of drug-likeness (QED) is 0.817. The molecule has 1 aromatic heterocycles. The molecule has 0 aliphatic rings. The lowest BCUT2D eigenvalue weighted by Crippen LogP contribution is -2.45. The summed E-state index contributed by atoms with van der Waals surface area (Å²) in [6.45, 7) is 3.08. The van der Waals surface area contributed by atoms with Crippen LogP contribution in [0.2, 0.25) is 5.15 Å². The molecule has 84 valence electrons. The Labute approximate surface area is 92.4 Å². The molecule has 2 N–H and O–H groups in total. The van der Waals surface area contributed by atoms with Gasteiger partial charge in [0.2, 0.25) is 0 Å². The zero-order valence-electron chi connectivity index (χ0n) is 8.60. The molecule has 0 saturated heterocycles. The summed E-state index contributed by atoms with van der Waals surface area (Å²) in [6, 6.07) is 3.40. The van der Waals surface area contributed by atoms with Crippen molar-refractivity contribution in [2.24, 2.45) is 5.73 Å². The molecule has 0 aliphatic carbocycles. The lowest BCUT2D eigenvalue weighted by atomic mass is 9.95. The molecule has 0 fully saturated rings. The molecule has 1 rings (SSSR count). The van der Waals surface area contributed by atoms with Crippen molar-refractivity contribution in [3.8, 4) is 0 Å². The van der Waals surface area contributed by atoms with Gasteiger partial charge in [0, 0.05) is 5.69 Å². The fraction of sp³-hybridized carbons (Fsp3) is 0.500. The van der Waals surface area contributed by atoms with Crippen LogP contribution in [0.15, 0.2) is 12.1 Å². The van der Waals surface area contributed by atoms with Crippen LogP contribution < -0.4 is 5.73 Å². The smallest absolute Gasteiger partial charge is 0.256 e. The third-order valence-electron chi connectivity index (χ3n) is 2.14. The normalized spacial score (nSPS) is 15.4. The summed E-state index contributed by atoms with van der Waals surface area (Å²) in [7, 11) is 0. The van der Waals surface area contributed by atoms with E-state index in [4.69, 9.17) is 17.3 Å². The Morgan fingerprint density at radius 2 is 2.13 bits per heavy atom. The van der Waals surface area contributed by atoms with Crippen LogP contribution in [0.5, 0.6) is 0 Å². The summed E-state index contributed by atoms with van der Waals surface area (Å²) in [5, 5.41) is 0.243. The lowest BCUT2D eigenvalue weighted by molar-refractivity contribution is 0.0639. The van der Waals surface area contributed by atoms with Gasteiger partial charge in [-0.2, -0.15) is 0 Å². The number of hydrogen-bond acceptors (Lipinski definition) is 2. The zero-order chi connectivity index (χ0) is 11.6. The monoisotopic (exact) mass is 234 g/mol. The highest BCUT2D eigenvalue weighted by atomic mass is 35.5. The van der Waals surface area contributed by atoms with Gasteiger partial charge in [0.15, 0.2) is 0 Å². The maximum atomic E-state index is 12.5. The van der Waals surface area contributed by atoms with E-state index >= 15 is 0 Å². The number of pyridine rings is 1. The molecule has 1 atom stereocenters. The van der Waals surface area contributed by atoms with Crippen molar-refractivity contribution in [3.63, 3.8) is 0 Å². The van der Waals surface area contributed by atoms with Crippen LogP contribution in [-0.2, 0) is 6.42 Å². The largest absolute Gasteiger partial charge is 0.320 e. The molecular formula is C10H13ClF2N2. The van der Waals surface area contributed by atoms with Crippen molar-refractivity contribution in [2.75, 3.05) is 0 Å². The van der Waals surface area contributed by atoms with Crippen molar-refractivity contribution in [1.29, 1.82) is 0 Å². The maximum Gasteiger partial charge on any atom is 0.256 e. The predicted molar refractivity (Wildman–Crippen MR) is 56.3 cm³/mol. The SMILES string of the molecule is Cc1ccc(CC(C)(N)C(F)F)c(Cl)n1. The van der Waals surface area contributed by atoms with Gasteiger partial charge in [-0.05, 0) is 31.9 Å². The first kappa shape index (κ1) is 12.3. The molecular weight excluding hydrogens is 222 g/mol. The summed E-state index contributed by atoms with van der Waals surface area (Å²) in [5.74, 6) is 0.